The first-order valence-corrected chi connectivity index (χ1v) is 10.1. The third kappa shape index (κ3) is 3.23. The summed E-state index contributed by atoms with van der Waals surface area (Å²) < 4.78 is 117. The highest BCUT2D eigenvalue weighted by Gasteiger charge is 2.75. The Morgan fingerprint density at radius 2 is 1.22 bits per heavy atom. The van der Waals surface area contributed by atoms with Crippen molar-refractivity contribution < 1.29 is 39.5 Å². The monoisotopic (exact) mass is 433 g/mol. The van der Waals surface area contributed by atoms with Crippen molar-refractivity contribution in [3.8, 4) is 0 Å². The third-order valence-corrected chi connectivity index (χ3v) is 5.15. The molecule has 0 spiro atoms. The van der Waals surface area contributed by atoms with Crippen molar-refractivity contribution in [3.05, 3.63) is 21.8 Å². The Hall–Kier alpha value is -0.783. The van der Waals surface area contributed by atoms with Gasteiger partial charge in [0.25, 0.3) is 0 Å². The highest BCUT2D eigenvalue weighted by Crippen LogP contribution is 2.54. The Morgan fingerprint density at radius 1 is 0.826 bits per heavy atom. The fourth-order valence-electron chi connectivity index (χ4n) is 1.76. The molecule has 0 unspecified atom stereocenters. The van der Waals surface area contributed by atoms with Crippen LogP contribution in [0.2, 0.25) is 19.6 Å². The molecule has 1 rings (SSSR count). The van der Waals surface area contributed by atoms with Gasteiger partial charge in [-0.25, -0.2) is 18.2 Å². The van der Waals surface area contributed by atoms with Gasteiger partial charge >= 0.3 is 18.0 Å². The zero-order valence-electron chi connectivity index (χ0n) is 11.7. The average molecular weight is 434 g/mol. The number of hydrogen-bond donors (Lipinski definition) is 0. The molecular weight excluding hydrogens is 425 g/mol. The van der Waals surface area contributed by atoms with Crippen LogP contribution in [0.4, 0.5) is 39.5 Å². The van der Waals surface area contributed by atoms with Crippen molar-refractivity contribution in [2.45, 2.75) is 37.7 Å². The van der Waals surface area contributed by atoms with E-state index in [1.54, 1.807) is 0 Å². The fraction of sp³-hybridized carbons (Fsp3) is 0.545. The summed E-state index contributed by atoms with van der Waals surface area (Å²) in [4.78, 5) is 3.31. The molecule has 0 N–H and O–H groups in total. The van der Waals surface area contributed by atoms with Crippen LogP contribution in [0, 0.1) is 11.6 Å². The van der Waals surface area contributed by atoms with Crippen molar-refractivity contribution >= 4 is 29.3 Å². The van der Waals surface area contributed by atoms with Crippen LogP contribution < -0.4 is 5.32 Å². The van der Waals surface area contributed by atoms with E-state index in [9.17, 15) is 39.5 Å². The Morgan fingerprint density at radius 3 is 1.52 bits per heavy atom. The lowest BCUT2D eigenvalue weighted by atomic mass is 9.94. The smallest absolute Gasteiger partial charge is 0.245 e. The van der Waals surface area contributed by atoms with E-state index in [-0.39, 0.29) is 0 Å². The second-order valence-corrected chi connectivity index (χ2v) is 11.4. The highest BCUT2D eigenvalue weighted by atomic mass is 79.9. The van der Waals surface area contributed by atoms with E-state index in [4.69, 9.17) is 0 Å². The first kappa shape index (κ1) is 20.3. The lowest BCUT2D eigenvalue weighted by molar-refractivity contribution is -0.350. The van der Waals surface area contributed by atoms with Crippen LogP contribution in [0.1, 0.15) is 5.56 Å². The number of rotatable bonds is 2. The molecule has 0 saturated carbocycles. The predicted octanol–water partition coefficient (Wildman–Crippen LogP) is 4.96. The Labute approximate surface area is 134 Å². The van der Waals surface area contributed by atoms with Crippen LogP contribution in [0.3, 0.4) is 0 Å². The van der Waals surface area contributed by atoms with Gasteiger partial charge < -0.3 is 0 Å². The van der Waals surface area contributed by atoms with Gasteiger partial charge in [-0.15, -0.1) is 0 Å². The average Bonchev–Trinajstić information content (AvgIpc) is 2.29. The van der Waals surface area contributed by atoms with Gasteiger partial charge in [0.1, 0.15) is 18.5 Å². The van der Waals surface area contributed by atoms with E-state index < -0.39 is 53.2 Å². The zero-order valence-corrected chi connectivity index (χ0v) is 14.3. The van der Waals surface area contributed by atoms with E-state index in [0.717, 1.165) is 0 Å². The summed E-state index contributed by atoms with van der Waals surface area (Å²) >= 11 is 2.32. The predicted molar refractivity (Wildman–Crippen MR) is 69.7 cm³/mol. The van der Waals surface area contributed by atoms with Gasteiger partial charge in [-0.1, -0.05) is 19.6 Å². The molecule has 0 aliphatic rings. The van der Waals surface area contributed by atoms with Crippen LogP contribution in [0.5, 0.6) is 0 Å². The second kappa shape index (κ2) is 5.64. The number of nitrogens with zero attached hydrogens (tertiary/aromatic N) is 1. The van der Waals surface area contributed by atoms with E-state index >= 15 is 0 Å². The summed E-state index contributed by atoms with van der Waals surface area (Å²) in [6, 6.07) is 0. The summed E-state index contributed by atoms with van der Waals surface area (Å²) in [5, 5.41) is -0.809. The number of aromatic nitrogens is 1. The molecule has 23 heavy (non-hydrogen) atoms. The molecule has 1 aromatic rings. The minimum absolute atomic E-state index is 0.809. The molecule has 0 fully saturated rings. The normalized spacial score (nSPS) is 14.3. The summed E-state index contributed by atoms with van der Waals surface area (Å²) in [7, 11) is -2.94. The van der Waals surface area contributed by atoms with Crippen LogP contribution in [-0.4, -0.2) is 25.4 Å². The molecule has 0 aromatic carbocycles. The maximum atomic E-state index is 14.2. The van der Waals surface area contributed by atoms with Crippen molar-refractivity contribution in [2.75, 3.05) is 0 Å². The number of pyridine rings is 1. The summed E-state index contributed by atoms with van der Waals surface area (Å²) in [5.74, 6) is -4.66. The SMILES string of the molecule is C[Si](C)(C)c1nc(Br)c(F)c(C(F)(C(F)(F)F)C(F)(F)F)c1F. The molecule has 12 heteroatoms. The molecule has 1 nitrogen and oxygen atoms in total. The molecule has 0 amide bonds. The molecule has 132 valence electrons. The molecule has 0 atom stereocenters. The lowest BCUT2D eigenvalue weighted by Crippen LogP contribution is -2.54. The van der Waals surface area contributed by atoms with E-state index in [1.807, 2.05) is 0 Å². The van der Waals surface area contributed by atoms with Crippen molar-refractivity contribution in [3.63, 3.8) is 0 Å². The van der Waals surface area contributed by atoms with Crippen LogP contribution in [-0.2, 0) is 5.67 Å². The molecule has 0 aliphatic heterocycles. The maximum Gasteiger partial charge on any atom is 0.436 e. The third-order valence-electron chi connectivity index (χ3n) is 2.87. The summed E-state index contributed by atoms with van der Waals surface area (Å²) in [6.07, 6.45) is -13.2. The van der Waals surface area contributed by atoms with Crippen LogP contribution in [0.25, 0.3) is 0 Å². The molecule has 0 radical (unpaired) electrons. The summed E-state index contributed by atoms with van der Waals surface area (Å²) in [5.41, 5.74) is -8.95. The fourth-order valence-corrected chi connectivity index (χ4v) is 3.53. The minimum Gasteiger partial charge on any atom is -0.245 e. The van der Waals surface area contributed by atoms with Crippen molar-refractivity contribution in [1.82, 2.24) is 4.98 Å². The molecule has 0 bridgehead atoms. The highest BCUT2D eigenvalue weighted by molar-refractivity contribution is 9.10. The van der Waals surface area contributed by atoms with Crippen LogP contribution in [0.15, 0.2) is 4.60 Å². The minimum atomic E-state index is -6.62. The largest absolute Gasteiger partial charge is 0.436 e. The van der Waals surface area contributed by atoms with Crippen LogP contribution >= 0.6 is 15.9 Å². The summed E-state index contributed by atoms with van der Waals surface area (Å²) in [6.45, 7) is 4.02. The number of alkyl halides is 7. The quantitative estimate of drug-likeness (QED) is 0.365. The van der Waals surface area contributed by atoms with Gasteiger partial charge in [0.2, 0.25) is 0 Å². The first-order chi connectivity index (χ1) is 9.96. The van der Waals surface area contributed by atoms with Gasteiger partial charge in [-0.2, -0.15) is 26.3 Å². The number of halogens is 10. The van der Waals surface area contributed by atoms with E-state index in [0.29, 0.717) is 0 Å². The zero-order chi connectivity index (χ0) is 18.6. The Bertz CT molecular complexity index is 604. The number of hydrogen-bond acceptors (Lipinski definition) is 1. The molecular formula is C11H9BrF9NSi. The lowest BCUT2D eigenvalue weighted by Gasteiger charge is -2.32. The topological polar surface area (TPSA) is 12.9 Å². The second-order valence-electron chi connectivity index (χ2n) is 5.66. The van der Waals surface area contributed by atoms with Gasteiger partial charge in [-0.3, -0.25) is 0 Å². The Balaban J connectivity index is 4.01. The van der Waals surface area contributed by atoms with Crippen molar-refractivity contribution in [1.29, 1.82) is 0 Å². The van der Waals surface area contributed by atoms with E-state index in [1.165, 1.54) is 19.6 Å². The van der Waals surface area contributed by atoms with Crippen molar-refractivity contribution in [2.24, 2.45) is 0 Å². The van der Waals surface area contributed by atoms with Gasteiger partial charge in [0.05, 0.1) is 10.9 Å². The van der Waals surface area contributed by atoms with Gasteiger partial charge in [0.15, 0.2) is 5.82 Å². The van der Waals surface area contributed by atoms with Gasteiger partial charge in [-0.05, 0) is 15.9 Å². The molecule has 1 heterocycles. The van der Waals surface area contributed by atoms with E-state index in [2.05, 4.69) is 20.9 Å². The van der Waals surface area contributed by atoms with Gasteiger partial charge in [0, 0.05) is 0 Å². The first-order valence-electron chi connectivity index (χ1n) is 5.84. The molecule has 0 aliphatic carbocycles. The Kier molecular flexibility index (Phi) is 4.97. The standard InChI is InChI=1S/C11H9BrF9NSi/c1-23(2,3)8-6(14)4(5(13)7(12)22-8)9(15,10(16,17)18)11(19,20)21/h1-3H3. The molecule has 1 aromatic heterocycles. The molecule has 0 saturated heterocycles. The maximum absolute atomic E-state index is 14.2.